The zero-order chi connectivity index (χ0) is 26.9. The Labute approximate surface area is 234 Å². The lowest BCUT2D eigenvalue weighted by Gasteiger charge is -2.12. The molecule has 0 atom stereocenters. The van der Waals surface area contributed by atoms with Gasteiger partial charge in [-0.25, -0.2) is 0 Å². The fourth-order valence-corrected chi connectivity index (χ4v) is 4.66. The highest BCUT2D eigenvalue weighted by Crippen LogP contribution is 2.24. The average molecular weight is 561 g/mol. The van der Waals surface area contributed by atoms with E-state index in [0.717, 1.165) is 4.90 Å². The topological polar surface area (TPSA) is 75.3 Å². The van der Waals surface area contributed by atoms with Crippen LogP contribution >= 0.6 is 35.0 Å². The Bertz CT molecular complexity index is 1470. The number of benzene rings is 4. The summed E-state index contributed by atoms with van der Waals surface area (Å²) in [6.45, 7) is 0. The molecule has 2 amide bonds. The number of Topliss-reactive ketones (excluding diaryl/α,β-unsaturated/α-hetero) is 1. The van der Waals surface area contributed by atoms with E-state index in [2.05, 4.69) is 10.6 Å². The Kier molecular flexibility index (Phi) is 9.38. The highest BCUT2D eigenvalue weighted by Gasteiger charge is 2.16. The average Bonchev–Trinajstić information content (AvgIpc) is 2.94. The predicted octanol–water partition coefficient (Wildman–Crippen LogP) is 7.38. The largest absolute Gasteiger partial charge is 0.321 e. The molecule has 0 saturated carbocycles. The number of rotatable bonds is 9. The Morgan fingerprint density at radius 3 is 2.03 bits per heavy atom. The van der Waals surface area contributed by atoms with E-state index in [1.54, 1.807) is 72.8 Å². The van der Waals surface area contributed by atoms with Crippen LogP contribution in [0.1, 0.15) is 26.3 Å². The van der Waals surface area contributed by atoms with Gasteiger partial charge in [0.1, 0.15) is 5.70 Å². The van der Waals surface area contributed by atoms with Crippen LogP contribution in [0.2, 0.25) is 10.0 Å². The van der Waals surface area contributed by atoms with Crippen LogP contribution in [0.25, 0.3) is 6.08 Å². The van der Waals surface area contributed by atoms with Gasteiger partial charge in [0.2, 0.25) is 0 Å². The predicted molar refractivity (Wildman–Crippen MR) is 155 cm³/mol. The van der Waals surface area contributed by atoms with E-state index in [-0.39, 0.29) is 11.5 Å². The summed E-state index contributed by atoms with van der Waals surface area (Å²) in [5.41, 5.74) is 2.12. The zero-order valence-electron chi connectivity index (χ0n) is 20.0. The number of thioether (sulfide) groups is 1. The minimum atomic E-state index is -0.528. The van der Waals surface area contributed by atoms with Gasteiger partial charge in [-0.3, -0.25) is 14.4 Å². The Morgan fingerprint density at radius 2 is 1.39 bits per heavy atom. The second-order valence-corrected chi connectivity index (χ2v) is 9.99. The molecule has 4 aromatic rings. The minimum Gasteiger partial charge on any atom is -0.321 e. The van der Waals surface area contributed by atoms with Crippen molar-refractivity contribution in [2.75, 3.05) is 11.1 Å². The van der Waals surface area contributed by atoms with Gasteiger partial charge in [0.15, 0.2) is 5.78 Å². The van der Waals surface area contributed by atoms with Crippen LogP contribution in [-0.2, 0) is 4.79 Å². The van der Waals surface area contributed by atoms with Crippen molar-refractivity contribution in [3.05, 3.63) is 136 Å². The second-order valence-electron chi connectivity index (χ2n) is 8.10. The van der Waals surface area contributed by atoms with Crippen molar-refractivity contribution in [1.82, 2.24) is 5.32 Å². The molecule has 0 aromatic heterocycles. The van der Waals surface area contributed by atoms with Gasteiger partial charge in [-0.1, -0.05) is 77.8 Å². The molecule has 0 saturated heterocycles. The standard InChI is InChI=1S/C30H22Cl2N2O3S/c31-23-12-11-22(26(32)18-23)17-27(34-29(36)21-9-5-2-6-10-21)30(37)33-24-13-15-25(16-14-24)38-19-28(35)20-7-3-1-4-8-20/h1-18H,19H2,(H,33,37)(H,34,36)/b27-17-. The number of ketones is 1. The molecule has 2 N–H and O–H groups in total. The molecule has 190 valence electrons. The molecular formula is C30H22Cl2N2O3S. The van der Waals surface area contributed by atoms with Crippen LogP contribution in [0.5, 0.6) is 0 Å². The van der Waals surface area contributed by atoms with E-state index in [0.29, 0.717) is 38.2 Å². The maximum absolute atomic E-state index is 13.2. The van der Waals surface area contributed by atoms with Crippen molar-refractivity contribution < 1.29 is 14.4 Å². The summed E-state index contributed by atoms with van der Waals surface area (Å²) in [4.78, 5) is 39.2. The van der Waals surface area contributed by atoms with Crippen LogP contribution in [-0.4, -0.2) is 23.4 Å². The third-order valence-corrected chi connectivity index (χ3v) is 6.94. The van der Waals surface area contributed by atoms with Gasteiger partial charge in [-0.05, 0) is 60.2 Å². The molecule has 0 radical (unpaired) electrons. The van der Waals surface area contributed by atoms with Crippen LogP contribution in [0, 0.1) is 0 Å². The molecule has 5 nitrogen and oxygen atoms in total. The lowest BCUT2D eigenvalue weighted by molar-refractivity contribution is -0.113. The summed E-state index contributed by atoms with van der Waals surface area (Å²) in [5, 5.41) is 6.27. The van der Waals surface area contributed by atoms with Crippen molar-refractivity contribution in [3.63, 3.8) is 0 Å². The molecule has 0 spiro atoms. The molecule has 0 aliphatic carbocycles. The van der Waals surface area contributed by atoms with Gasteiger partial charge in [-0.2, -0.15) is 0 Å². The van der Waals surface area contributed by atoms with E-state index in [1.165, 1.54) is 17.8 Å². The summed E-state index contributed by atoms with van der Waals surface area (Å²) in [5.74, 6) is -0.625. The molecule has 0 unspecified atom stereocenters. The number of halogens is 2. The van der Waals surface area contributed by atoms with E-state index in [4.69, 9.17) is 23.2 Å². The summed E-state index contributed by atoms with van der Waals surface area (Å²) in [6.07, 6.45) is 1.49. The van der Waals surface area contributed by atoms with Gasteiger partial charge in [0.05, 0.1) is 5.75 Å². The van der Waals surface area contributed by atoms with Crippen molar-refractivity contribution in [3.8, 4) is 0 Å². The lowest BCUT2D eigenvalue weighted by Crippen LogP contribution is -2.30. The molecular weight excluding hydrogens is 539 g/mol. The SMILES string of the molecule is O=C(Nc1ccc(SCC(=O)c2ccccc2)cc1)/C(=C/c1ccc(Cl)cc1Cl)NC(=O)c1ccccc1. The molecule has 8 heteroatoms. The van der Waals surface area contributed by atoms with Crippen molar-refractivity contribution in [1.29, 1.82) is 0 Å². The maximum atomic E-state index is 13.2. The van der Waals surface area contributed by atoms with E-state index in [1.807, 2.05) is 30.3 Å². The summed E-state index contributed by atoms with van der Waals surface area (Å²) in [7, 11) is 0. The zero-order valence-corrected chi connectivity index (χ0v) is 22.3. The minimum absolute atomic E-state index is 0.00925. The van der Waals surface area contributed by atoms with Crippen LogP contribution in [0.4, 0.5) is 5.69 Å². The molecule has 0 heterocycles. The normalized spacial score (nSPS) is 11.1. The third-order valence-electron chi connectivity index (χ3n) is 5.37. The highest BCUT2D eigenvalue weighted by molar-refractivity contribution is 8.00. The first-order valence-corrected chi connectivity index (χ1v) is 13.3. The molecule has 0 aliphatic rings. The number of hydrogen-bond acceptors (Lipinski definition) is 4. The first-order valence-electron chi connectivity index (χ1n) is 11.5. The molecule has 4 rings (SSSR count). The van der Waals surface area contributed by atoms with Gasteiger partial charge >= 0.3 is 0 Å². The Hall–Kier alpha value is -3.84. The molecule has 0 aliphatic heterocycles. The first-order chi connectivity index (χ1) is 18.4. The third kappa shape index (κ3) is 7.59. The lowest BCUT2D eigenvalue weighted by atomic mass is 10.1. The smallest absolute Gasteiger partial charge is 0.272 e. The fourth-order valence-electron chi connectivity index (χ4n) is 3.41. The highest BCUT2D eigenvalue weighted by atomic mass is 35.5. The number of amides is 2. The van der Waals surface area contributed by atoms with Gasteiger partial charge in [0, 0.05) is 31.8 Å². The van der Waals surface area contributed by atoms with Crippen molar-refractivity contribution in [2.45, 2.75) is 4.90 Å². The molecule has 0 bridgehead atoms. The first kappa shape index (κ1) is 27.2. The van der Waals surface area contributed by atoms with Gasteiger partial charge in [0.25, 0.3) is 11.8 Å². The van der Waals surface area contributed by atoms with E-state index >= 15 is 0 Å². The summed E-state index contributed by atoms with van der Waals surface area (Å²) in [6, 6.07) is 29.7. The number of nitrogens with one attached hydrogen (secondary N) is 2. The summed E-state index contributed by atoms with van der Waals surface area (Å²) < 4.78 is 0. The van der Waals surface area contributed by atoms with Crippen LogP contribution < -0.4 is 10.6 Å². The number of carbonyl (C=O) groups is 3. The fraction of sp³-hybridized carbons (Fsp3) is 0.0333. The molecule has 0 fully saturated rings. The molecule has 4 aromatic carbocycles. The van der Waals surface area contributed by atoms with Crippen LogP contribution in [0.3, 0.4) is 0 Å². The maximum Gasteiger partial charge on any atom is 0.272 e. The second kappa shape index (κ2) is 13.1. The van der Waals surface area contributed by atoms with E-state index in [9.17, 15) is 14.4 Å². The van der Waals surface area contributed by atoms with Gasteiger partial charge < -0.3 is 10.6 Å². The van der Waals surface area contributed by atoms with Crippen molar-refractivity contribution in [2.24, 2.45) is 0 Å². The Morgan fingerprint density at radius 1 is 0.763 bits per heavy atom. The number of anilines is 1. The molecule has 38 heavy (non-hydrogen) atoms. The van der Waals surface area contributed by atoms with Crippen molar-refractivity contribution >= 4 is 64.3 Å². The Balaban J connectivity index is 1.47. The number of hydrogen-bond donors (Lipinski definition) is 2. The van der Waals surface area contributed by atoms with E-state index < -0.39 is 11.8 Å². The van der Waals surface area contributed by atoms with Crippen LogP contribution in [0.15, 0.2) is 114 Å². The summed E-state index contributed by atoms with van der Waals surface area (Å²) >= 11 is 13.7. The monoisotopic (exact) mass is 560 g/mol. The quantitative estimate of drug-likeness (QED) is 0.127. The van der Waals surface area contributed by atoms with Gasteiger partial charge in [-0.15, -0.1) is 11.8 Å². The number of carbonyl (C=O) groups excluding carboxylic acids is 3.